The Labute approximate surface area is 154 Å². The molecule has 1 saturated heterocycles. The summed E-state index contributed by atoms with van der Waals surface area (Å²) in [7, 11) is 0. The third-order valence-corrected chi connectivity index (χ3v) is 6.13. The van der Waals surface area contributed by atoms with Gasteiger partial charge in [-0.3, -0.25) is 4.79 Å². The molecule has 4 nitrogen and oxygen atoms in total. The van der Waals surface area contributed by atoms with E-state index in [1.54, 1.807) is 6.33 Å². The van der Waals surface area contributed by atoms with Gasteiger partial charge in [-0.1, -0.05) is 22.0 Å². The van der Waals surface area contributed by atoms with Gasteiger partial charge in [-0.05, 0) is 60.7 Å². The van der Waals surface area contributed by atoms with Gasteiger partial charge < -0.3 is 9.88 Å². The van der Waals surface area contributed by atoms with Crippen molar-refractivity contribution >= 4 is 32.9 Å². The topological polar surface area (TPSA) is 49.0 Å². The van der Waals surface area contributed by atoms with Crippen LogP contribution in [0.5, 0.6) is 0 Å². The van der Waals surface area contributed by atoms with Crippen molar-refractivity contribution in [3.05, 3.63) is 63.9 Å². The molecule has 5 rings (SSSR count). The maximum Gasteiger partial charge on any atom is 0.254 e. The number of rotatable bonds is 1. The summed E-state index contributed by atoms with van der Waals surface area (Å²) in [6.45, 7) is 0.841. The summed E-state index contributed by atoms with van der Waals surface area (Å²) in [6, 6.07) is 12.6. The lowest BCUT2D eigenvalue weighted by atomic mass is 9.88. The van der Waals surface area contributed by atoms with Gasteiger partial charge in [0.25, 0.3) is 5.91 Å². The highest BCUT2D eigenvalue weighted by Crippen LogP contribution is 2.43. The number of nitrogens with one attached hydrogen (secondary N) is 1. The molecule has 1 fully saturated rings. The molecule has 0 spiro atoms. The quantitative estimate of drug-likeness (QED) is 0.668. The van der Waals surface area contributed by atoms with Gasteiger partial charge in [0.15, 0.2) is 0 Å². The minimum absolute atomic E-state index is 0.131. The predicted molar refractivity (Wildman–Crippen MR) is 101 cm³/mol. The molecule has 25 heavy (non-hydrogen) atoms. The fourth-order valence-electron chi connectivity index (χ4n) is 4.49. The van der Waals surface area contributed by atoms with Crippen LogP contribution in [0.15, 0.2) is 47.2 Å². The van der Waals surface area contributed by atoms with Crippen LogP contribution in [0.2, 0.25) is 0 Å². The Morgan fingerprint density at radius 1 is 1.24 bits per heavy atom. The number of amides is 1. The van der Waals surface area contributed by atoms with Gasteiger partial charge in [-0.25, -0.2) is 4.98 Å². The Bertz CT molecular complexity index is 980. The zero-order valence-electron chi connectivity index (χ0n) is 13.7. The summed E-state index contributed by atoms with van der Waals surface area (Å²) in [5, 5.41) is 0. The molecule has 2 aromatic carbocycles. The van der Waals surface area contributed by atoms with Crippen molar-refractivity contribution in [2.75, 3.05) is 6.54 Å². The standard InChI is InChI=1S/C20H18BrN3O/c21-14-4-5-15-13(8-14)10-19-16(15)2-1-7-24(19)20(25)12-3-6-17-18(9-12)23-11-22-17/h3-6,8-9,11,16,19H,1-2,7,10H2,(H,22,23)/t16-,19+/m1/s1. The number of H-pyrrole nitrogens is 1. The van der Waals surface area contributed by atoms with E-state index in [0.29, 0.717) is 5.92 Å². The lowest BCUT2D eigenvalue weighted by Crippen LogP contribution is -2.46. The van der Waals surface area contributed by atoms with Crippen LogP contribution in [-0.2, 0) is 6.42 Å². The van der Waals surface area contributed by atoms with Gasteiger partial charge in [-0.15, -0.1) is 0 Å². The van der Waals surface area contributed by atoms with Crippen LogP contribution >= 0.6 is 15.9 Å². The molecule has 1 aliphatic heterocycles. The molecular weight excluding hydrogens is 378 g/mol. The van der Waals surface area contributed by atoms with E-state index in [1.165, 1.54) is 17.5 Å². The van der Waals surface area contributed by atoms with Crippen LogP contribution in [0, 0.1) is 0 Å². The van der Waals surface area contributed by atoms with Gasteiger partial charge in [-0.2, -0.15) is 0 Å². The predicted octanol–water partition coefficient (Wildman–Crippen LogP) is 4.27. The average Bonchev–Trinajstić information content (AvgIpc) is 3.23. The highest BCUT2D eigenvalue weighted by atomic mass is 79.9. The number of carbonyl (C=O) groups is 1. The van der Waals surface area contributed by atoms with E-state index < -0.39 is 0 Å². The van der Waals surface area contributed by atoms with Crippen LogP contribution in [0.25, 0.3) is 11.0 Å². The number of hydrogen-bond acceptors (Lipinski definition) is 2. The molecule has 1 amide bonds. The van der Waals surface area contributed by atoms with Crippen molar-refractivity contribution in [3.8, 4) is 0 Å². The number of imidazole rings is 1. The first-order valence-electron chi connectivity index (χ1n) is 8.73. The number of hydrogen-bond donors (Lipinski definition) is 1. The second-order valence-corrected chi connectivity index (χ2v) is 7.91. The molecule has 0 radical (unpaired) electrons. The molecule has 1 N–H and O–H groups in total. The van der Waals surface area contributed by atoms with Crippen LogP contribution in [0.4, 0.5) is 0 Å². The molecule has 1 aliphatic carbocycles. The maximum absolute atomic E-state index is 13.2. The summed E-state index contributed by atoms with van der Waals surface area (Å²) in [6.07, 6.45) is 4.85. The van der Waals surface area contributed by atoms with E-state index in [4.69, 9.17) is 0 Å². The van der Waals surface area contributed by atoms with E-state index in [-0.39, 0.29) is 11.9 Å². The number of piperidine rings is 1. The van der Waals surface area contributed by atoms with E-state index in [1.807, 2.05) is 18.2 Å². The molecule has 2 atom stereocenters. The van der Waals surface area contributed by atoms with Gasteiger partial charge in [0, 0.05) is 28.5 Å². The third-order valence-electron chi connectivity index (χ3n) is 5.64. The summed E-state index contributed by atoms with van der Waals surface area (Å²) in [4.78, 5) is 22.7. The summed E-state index contributed by atoms with van der Waals surface area (Å²) in [5.74, 6) is 0.599. The van der Waals surface area contributed by atoms with Crippen molar-refractivity contribution < 1.29 is 4.79 Å². The van der Waals surface area contributed by atoms with E-state index in [0.717, 1.165) is 40.5 Å². The molecule has 5 heteroatoms. The second kappa shape index (κ2) is 5.70. The molecule has 1 aromatic heterocycles. The molecule has 0 bridgehead atoms. The van der Waals surface area contributed by atoms with Crippen LogP contribution in [0.1, 0.15) is 40.2 Å². The minimum atomic E-state index is 0.131. The number of fused-ring (bicyclic) bond motifs is 4. The van der Waals surface area contributed by atoms with Gasteiger partial charge >= 0.3 is 0 Å². The first kappa shape index (κ1) is 15.1. The Balaban J connectivity index is 1.48. The number of halogens is 1. The Kier molecular flexibility index (Phi) is 3.45. The first-order chi connectivity index (χ1) is 12.2. The molecule has 0 saturated carbocycles. The number of aromatic nitrogens is 2. The fraction of sp³-hybridized carbons (Fsp3) is 0.300. The van der Waals surface area contributed by atoms with Crippen LogP contribution in [0.3, 0.4) is 0 Å². The minimum Gasteiger partial charge on any atom is -0.345 e. The second-order valence-electron chi connectivity index (χ2n) is 7.00. The van der Waals surface area contributed by atoms with Gasteiger partial charge in [0.1, 0.15) is 0 Å². The Morgan fingerprint density at radius 3 is 3.08 bits per heavy atom. The molecule has 2 heterocycles. The fourth-order valence-corrected chi connectivity index (χ4v) is 4.90. The normalized spacial score (nSPS) is 22.0. The van der Waals surface area contributed by atoms with Crippen molar-refractivity contribution in [1.82, 2.24) is 14.9 Å². The van der Waals surface area contributed by atoms with Gasteiger partial charge in [0.05, 0.1) is 17.4 Å². The molecule has 2 aliphatic rings. The van der Waals surface area contributed by atoms with Gasteiger partial charge in [0.2, 0.25) is 0 Å². The van der Waals surface area contributed by atoms with E-state index in [2.05, 4.69) is 49.0 Å². The van der Waals surface area contributed by atoms with Crippen LogP contribution < -0.4 is 0 Å². The molecule has 126 valence electrons. The highest BCUT2D eigenvalue weighted by molar-refractivity contribution is 9.10. The summed E-state index contributed by atoms with van der Waals surface area (Å²) in [5.41, 5.74) is 5.35. The zero-order chi connectivity index (χ0) is 17.0. The summed E-state index contributed by atoms with van der Waals surface area (Å²) < 4.78 is 1.12. The van der Waals surface area contributed by atoms with Crippen molar-refractivity contribution in [1.29, 1.82) is 0 Å². The maximum atomic E-state index is 13.2. The third kappa shape index (κ3) is 2.41. The SMILES string of the molecule is O=C(c1ccc2[nH]cnc2c1)N1CCC[C@@H]2c3ccc(Br)cc3C[C@@H]21. The molecular formula is C20H18BrN3O. The number of aromatic amines is 1. The lowest BCUT2D eigenvalue weighted by molar-refractivity contribution is 0.0595. The van der Waals surface area contributed by atoms with E-state index >= 15 is 0 Å². The Morgan fingerprint density at radius 2 is 2.16 bits per heavy atom. The number of likely N-dealkylation sites (tertiary alicyclic amines) is 1. The molecule has 3 aromatic rings. The van der Waals surface area contributed by atoms with Crippen molar-refractivity contribution in [3.63, 3.8) is 0 Å². The zero-order valence-corrected chi connectivity index (χ0v) is 15.3. The average molecular weight is 396 g/mol. The highest BCUT2D eigenvalue weighted by Gasteiger charge is 2.40. The largest absolute Gasteiger partial charge is 0.345 e. The van der Waals surface area contributed by atoms with Crippen LogP contribution in [-0.4, -0.2) is 33.4 Å². The monoisotopic (exact) mass is 395 g/mol. The van der Waals surface area contributed by atoms with Crippen molar-refractivity contribution in [2.24, 2.45) is 0 Å². The lowest BCUT2D eigenvalue weighted by Gasteiger charge is -2.38. The summed E-state index contributed by atoms with van der Waals surface area (Å²) >= 11 is 3.57. The number of nitrogens with zero attached hydrogens (tertiary/aromatic N) is 2. The van der Waals surface area contributed by atoms with Crippen molar-refractivity contribution in [2.45, 2.75) is 31.2 Å². The molecule has 0 unspecified atom stereocenters. The van der Waals surface area contributed by atoms with E-state index in [9.17, 15) is 4.79 Å². The first-order valence-corrected chi connectivity index (χ1v) is 9.52. The number of carbonyl (C=O) groups excluding carboxylic acids is 1. The number of benzene rings is 2. The Hall–Kier alpha value is -2.14. The smallest absolute Gasteiger partial charge is 0.254 e.